The number of hydrogen-bond acceptors (Lipinski definition) is 4. The molecule has 32 heavy (non-hydrogen) atoms. The van der Waals surface area contributed by atoms with Gasteiger partial charge in [-0.1, -0.05) is 48.5 Å². The van der Waals surface area contributed by atoms with E-state index in [2.05, 4.69) is 5.32 Å². The number of aryl methyl sites for hydroxylation is 1. The predicted molar refractivity (Wildman–Crippen MR) is 115 cm³/mol. The number of alkyl halides is 2. The third-order valence-electron chi connectivity index (χ3n) is 4.79. The molecule has 0 aliphatic carbocycles. The molecule has 0 bridgehead atoms. The molecule has 1 amide bonds. The number of benzene rings is 3. The molecule has 0 saturated heterocycles. The Labute approximate surface area is 183 Å². The van der Waals surface area contributed by atoms with Crippen molar-refractivity contribution in [3.63, 3.8) is 0 Å². The number of nitrogens with one attached hydrogen (secondary N) is 1. The van der Waals surface area contributed by atoms with E-state index in [9.17, 15) is 18.4 Å². The molecule has 0 fully saturated rings. The van der Waals surface area contributed by atoms with Crippen molar-refractivity contribution in [3.05, 3.63) is 71.3 Å². The molecular weight excluding hydrogens is 420 g/mol. The summed E-state index contributed by atoms with van der Waals surface area (Å²) >= 11 is 0. The minimum Gasteiger partial charge on any atom is -0.487 e. The first-order valence-electron chi connectivity index (χ1n) is 9.90. The average Bonchev–Trinajstić information content (AvgIpc) is 2.72. The summed E-state index contributed by atoms with van der Waals surface area (Å²) in [7, 11) is 0. The van der Waals surface area contributed by atoms with Gasteiger partial charge in [0, 0.05) is 17.9 Å². The number of hydrogen-bond donors (Lipinski definition) is 2. The van der Waals surface area contributed by atoms with E-state index in [1.165, 1.54) is 13.0 Å². The second-order valence-corrected chi connectivity index (χ2v) is 7.46. The standard InChI is InChI=1S/C24H23F2NO5/c1-14-7-6-9-17(20(14)32-24(3,25)26)13-31-21-18-10-5-4-8-16(18)11-12-19(21)22(28)27-15(2)23(29)30/h4-12,15H,13H2,1-3H3,(H,27,28)(H,29,30). The van der Waals surface area contributed by atoms with Crippen LogP contribution in [0, 0.1) is 6.92 Å². The number of carboxylic acids is 1. The largest absolute Gasteiger partial charge is 0.487 e. The summed E-state index contributed by atoms with van der Waals surface area (Å²) in [6.07, 6.45) is -3.38. The molecule has 0 saturated carbocycles. The maximum absolute atomic E-state index is 13.5. The first-order valence-corrected chi connectivity index (χ1v) is 9.90. The van der Waals surface area contributed by atoms with Gasteiger partial charge in [0.25, 0.3) is 5.91 Å². The van der Waals surface area contributed by atoms with E-state index in [1.807, 2.05) is 12.1 Å². The lowest BCUT2D eigenvalue weighted by atomic mass is 10.0. The molecule has 0 heterocycles. The van der Waals surface area contributed by atoms with Crippen molar-refractivity contribution < 1.29 is 33.0 Å². The molecule has 3 aromatic rings. The quantitative estimate of drug-likeness (QED) is 0.516. The van der Waals surface area contributed by atoms with Gasteiger partial charge < -0.3 is 19.9 Å². The number of amides is 1. The Morgan fingerprint density at radius 2 is 1.78 bits per heavy atom. The fourth-order valence-electron chi connectivity index (χ4n) is 3.22. The van der Waals surface area contributed by atoms with Crippen molar-refractivity contribution >= 4 is 22.6 Å². The number of para-hydroxylation sites is 1. The lowest BCUT2D eigenvalue weighted by Gasteiger charge is -2.20. The van der Waals surface area contributed by atoms with Crippen LogP contribution < -0.4 is 14.8 Å². The third-order valence-corrected chi connectivity index (χ3v) is 4.79. The maximum Gasteiger partial charge on any atom is 0.394 e. The lowest BCUT2D eigenvalue weighted by Crippen LogP contribution is -2.38. The minimum atomic E-state index is -3.38. The molecule has 1 atom stereocenters. The van der Waals surface area contributed by atoms with Crippen LogP contribution in [0.5, 0.6) is 11.5 Å². The zero-order valence-electron chi connectivity index (χ0n) is 17.8. The van der Waals surface area contributed by atoms with Crippen LogP contribution in [0.25, 0.3) is 10.8 Å². The molecule has 0 spiro atoms. The van der Waals surface area contributed by atoms with Crippen molar-refractivity contribution in [1.29, 1.82) is 0 Å². The van der Waals surface area contributed by atoms with E-state index in [1.54, 1.807) is 43.3 Å². The van der Waals surface area contributed by atoms with Gasteiger partial charge in [-0.15, -0.1) is 0 Å². The molecule has 3 aromatic carbocycles. The van der Waals surface area contributed by atoms with E-state index in [0.717, 1.165) is 5.39 Å². The summed E-state index contributed by atoms with van der Waals surface area (Å²) in [6, 6.07) is 14.3. The molecule has 0 aromatic heterocycles. The SMILES string of the molecule is Cc1cccc(COc2c(C(=O)NC(C)C(=O)O)ccc3ccccc23)c1OC(C)(F)F. The normalized spacial score (nSPS) is 12.3. The van der Waals surface area contributed by atoms with Crippen LogP contribution in [0.1, 0.15) is 35.3 Å². The zero-order chi connectivity index (χ0) is 23.5. The van der Waals surface area contributed by atoms with Gasteiger partial charge in [-0.2, -0.15) is 8.78 Å². The predicted octanol–water partition coefficient (Wildman–Crippen LogP) is 4.92. The average molecular weight is 443 g/mol. The van der Waals surface area contributed by atoms with E-state index < -0.39 is 24.0 Å². The van der Waals surface area contributed by atoms with Gasteiger partial charge in [0.05, 0.1) is 5.56 Å². The van der Waals surface area contributed by atoms with Crippen LogP contribution in [0.4, 0.5) is 8.78 Å². The first-order chi connectivity index (χ1) is 15.1. The van der Waals surface area contributed by atoms with Gasteiger partial charge in [0.15, 0.2) is 0 Å². The smallest absolute Gasteiger partial charge is 0.394 e. The number of fused-ring (bicyclic) bond motifs is 1. The van der Waals surface area contributed by atoms with Crippen LogP contribution in [0.2, 0.25) is 0 Å². The van der Waals surface area contributed by atoms with Crippen molar-refractivity contribution in [3.8, 4) is 11.5 Å². The Morgan fingerprint density at radius 3 is 2.47 bits per heavy atom. The molecule has 6 nitrogen and oxygen atoms in total. The Bertz CT molecular complexity index is 1160. The van der Waals surface area contributed by atoms with Gasteiger partial charge in [-0.05, 0) is 30.9 Å². The fourth-order valence-corrected chi connectivity index (χ4v) is 3.22. The molecule has 8 heteroatoms. The second-order valence-electron chi connectivity index (χ2n) is 7.46. The van der Waals surface area contributed by atoms with E-state index in [-0.39, 0.29) is 23.7 Å². The highest BCUT2D eigenvalue weighted by atomic mass is 19.3. The summed E-state index contributed by atoms with van der Waals surface area (Å²) in [5, 5.41) is 12.9. The van der Waals surface area contributed by atoms with Crippen LogP contribution in [0.3, 0.4) is 0 Å². The monoisotopic (exact) mass is 443 g/mol. The highest BCUT2D eigenvalue weighted by Gasteiger charge is 2.26. The molecule has 2 N–H and O–H groups in total. The van der Waals surface area contributed by atoms with E-state index >= 15 is 0 Å². The fraction of sp³-hybridized carbons (Fsp3) is 0.250. The molecular formula is C24H23F2NO5. The highest BCUT2D eigenvalue weighted by molar-refractivity contribution is 6.04. The molecule has 0 aliphatic rings. The molecule has 1 unspecified atom stereocenters. The number of ether oxygens (including phenoxy) is 2. The molecule has 3 rings (SSSR count). The maximum atomic E-state index is 13.5. The summed E-state index contributed by atoms with van der Waals surface area (Å²) in [4.78, 5) is 23.9. The van der Waals surface area contributed by atoms with Gasteiger partial charge in [0.1, 0.15) is 24.1 Å². The minimum absolute atomic E-state index is 0.00531. The number of aliphatic carboxylic acids is 1. The van der Waals surface area contributed by atoms with E-state index in [0.29, 0.717) is 23.4 Å². The van der Waals surface area contributed by atoms with Crippen molar-refractivity contribution in [2.75, 3.05) is 0 Å². The van der Waals surface area contributed by atoms with Crippen LogP contribution in [0.15, 0.2) is 54.6 Å². The molecule has 0 aliphatic heterocycles. The molecule has 168 valence electrons. The van der Waals surface area contributed by atoms with Crippen LogP contribution >= 0.6 is 0 Å². The van der Waals surface area contributed by atoms with Crippen molar-refractivity contribution in [2.45, 2.75) is 39.5 Å². The second kappa shape index (κ2) is 9.21. The van der Waals surface area contributed by atoms with Crippen LogP contribution in [-0.2, 0) is 11.4 Å². The van der Waals surface area contributed by atoms with Crippen molar-refractivity contribution in [1.82, 2.24) is 5.32 Å². The highest BCUT2D eigenvalue weighted by Crippen LogP contribution is 2.33. The Kier molecular flexibility index (Phi) is 6.62. The number of carbonyl (C=O) groups excluding carboxylic acids is 1. The Balaban J connectivity index is 1.99. The third kappa shape index (κ3) is 5.32. The lowest BCUT2D eigenvalue weighted by molar-refractivity contribution is -0.159. The Morgan fingerprint density at radius 1 is 1.06 bits per heavy atom. The van der Waals surface area contributed by atoms with Gasteiger partial charge in [0.2, 0.25) is 0 Å². The number of rotatable bonds is 8. The summed E-state index contributed by atoms with van der Waals surface area (Å²) in [5.74, 6) is -1.58. The number of carbonyl (C=O) groups is 2. The first kappa shape index (κ1) is 23.0. The van der Waals surface area contributed by atoms with Crippen molar-refractivity contribution in [2.24, 2.45) is 0 Å². The summed E-state index contributed by atoms with van der Waals surface area (Å²) in [5.41, 5.74) is 1.02. The zero-order valence-corrected chi connectivity index (χ0v) is 17.8. The van der Waals surface area contributed by atoms with Gasteiger partial charge in [-0.25, -0.2) is 0 Å². The Hall–Kier alpha value is -3.68. The van der Waals surface area contributed by atoms with Gasteiger partial charge >= 0.3 is 12.1 Å². The van der Waals surface area contributed by atoms with Gasteiger partial charge in [-0.3, -0.25) is 9.59 Å². The summed E-state index contributed by atoms with van der Waals surface area (Å²) in [6.45, 7) is 3.51. The number of halogens is 2. The van der Waals surface area contributed by atoms with E-state index in [4.69, 9.17) is 14.6 Å². The molecule has 0 radical (unpaired) electrons. The summed E-state index contributed by atoms with van der Waals surface area (Å²) < 4.78 is 37.9. The topological polar surface area (TPSA) is 84.9 Å². The number of carboxylic acid groups (broad SMARTS) is 1. The van der Waals surface area contributed by atoms with Crippen LogP contribution in [-0.4, -0.2) is 29.1 Å².